The summed E-state index contributed by atoms with van der Waals surface area (Å²) in [5.74, 6) is -0.284. The van der Waals surface area contributed by atoms with Crippen molar-refractivity contribution >= 4 is 31.6 Å². The van der Waals surface area contributed by atoms with E-state index in [1.54, 1.807) is 30.5 Å². The molecule has 1 heterocycles. The molecule has 0 bridgehead atoms. The Kier molecular flexibility index (Phi) is 5.46. The molecule has 1 unspecified atom stereocenters. The first-order valence-electron chi connectivity index (χ1n) is 12.0. The van der Waals surface area contributed by atoms with Crippen LogP contribution in [0.15, 0.2) is 132 Å². The fraction of sp³-hybridized carbons (Fsp3) is 0.0625. The molecule has 6 aromatic rings. The number of aryl methyl sites for hydroxylation is 1. The summed E-state index contributed by atoms with van der Waals surface area (Å²) in [7, 11) is -3.77. The van der Waals surface area contributed by atoms with E-state index in [4.69, 9.17) is 0 Å². The summed E-state index contributed by atoms with van der Waals surface area (Å²) < 4.78 is 29.0. The van der Waals surface area contributed by atoms with Crippen LogP contribution in [0, 0.1) is 6.92 Å². The quantitative estimate of drug-likeness (QED) is 0.236. The van der Waals surface area contributed by atoms with Gasteiger partial charge in [0.25, 0.3) is 10.0 Å². The van der Waals surface area contributed by atoms with Crippen molar-refractivity contribution in [1.29, 1.82) is 0 Å². The van der Waals surface area contributed by atoms with Gasteiger partial charge in [-0.2, -0.15) is 0 Å². The summed E-state index contributed by atoms with van der Waals surface area (Å²) >= 11 is 0. The van der Waals surface area contributed by atoms with Gasteiger partial charge in [-0.3, -0.25) is 0 Å². The van der Waals surface area contributed by atoms with E-state index in [-0.39, 0.29) is 10.8 Å². The van der Waals surface area contributed by atoms with Crippen LogP contribution in [0.25, 0.3) is 21.5 Å². The van der Waals surface area contributed by atoms with Crippen molar-refractivity contribution in [3.05, 3.63) is 150 Å². The molecule has 1 atom stereocenters. The fourth-order valence-corrected chi connectivity index (χ4v) is 6.52. The molecule has 0 fully saturated rings. The highest BCUT2D eigenvalue weighted by molar-refractivity contribution is 7.90. The topological polar surface area (TPSA) is 39.1 Å². The van der Waals surface area contributed by atoms with E-state index in [0.717, 1.165) is 32.8 Å². The van der Waals surface area contributed by atoms with Crippen LogP contribution in [0.1, 0.15) is 28.3 Å². The normalized spacial score (nSPS) is 12.7. The Labute approximate surface area is 211 Å². The number of aromatic nitrogens is 1. The lowest BCUT2D eigenvalue weighted by atomic mass is 9.83. The lowest BCUT2D eigenvalue weighted by Crippen LogP contribution is -2.18. The molecule has 0 aliphatic heterocycles. The summed E-state index contributed by atoms with van der Waals surface area (Å²) in [4.78, 5) is 0.272. The summed E-state index contributed by atoms with van der Waals surface area (Å²) in [5, 5.41) is 4.59. The third-order valence-corrected chi connectivity index (χ3v) is 8.58. The maximum atomic E-state index is 13.8. The number of nitrogens with zero attached hydrogens (tertiary/aromatic N) is 1. The first-order chi connectivity index (χ1) is 17.5. The molecule has 5 aromatic carbocycles. The minimum atomic E-state index is -3.77. The van der Waals surface area contributed by atoms with Crippen LogP contribution < -0.4 is 0 Å². The Morgan fingerprint density at radius 2 is 1.28 bits per heavy atom. The molecule has 0 spiro atoms. The Morgan fingerprint density at radius 3 is 2.03 bits per heavy atom. The van der Waals surface area contributed by atoms with Crippen molar-refractivity contribution in [2.45, 2.75) is 17.7 Å². The van der Waals surface area contributed by atoms with Gasteiger partial charge in [-0.1, -0.05) is 96.6 Å². The zero-order valence-electron chi connectivity index (χ0n) is 19.9. The Hall–Kier alpha value is -4.15. The molecule has 0 radical (unpaired) electrons. The fourth-order valence-electron chi connectivity index (χ4n) is 5.12. The number of fused-ring (bicyclic) bond motifs is 3. The smallest absolute Gasteiger partial charge is 0.245 e. The molecule has 1 aromatic heterocycles. The Balaban J connectivity index is 1.67. The standard InChI is InChI=1S/C32H25NO2S/c1-23-17-19-24(20-18-23)32(31-16-9-21-33(31)36(34,35)26-11-3-2-4-12-26)30-22-25-10-5-6-13-27(25)28-14-7-8-15-29(28)30/h2-22,32H,1H3. The average Bonchev–Trinajstić information content (AvgIpc) is 3.41. The molecular formula is C32H25NO2S. The second-order valence-corrected chi connectivity index (χ2v) is 10.9. The number of rotatable bonds is 5. The van der Waals surface area contributed by atoms with Crippen LogP contribution in [-0.2, 0) is 10.0 Å². The van der Waals surface area contributed by atoms with Crippen molar-refractivity contribution in [3.63, 3.8) is 0 Å². The van der Waals surface area contributed by atoms with Crippen LogP contribution in [-0.4, -0.2) is 12.4 Å². The lowest BCUT2D eigenvalue weighted by Gasteiger charge is -2.23. The molecule has 0 N–H and O–H groups in total. The third-order valence-electron chi connectivity index (χ3n) is 6.86. The van der Waals surface area contributed by atoms with Crippen molar-refractivity contribution in [1.82, 2.24) is 3.97 Å². The van der Waals surface area contributed by atoms with Gasteiger partial charge < -0.3 is 0 Å². The van der Waals surface area contributed by atoms with Crippen LogP contribution in [0.5, 0.6) is 0 Å². The van der Waals surface area contributed by atoms with E-state index >= 15 is 0 Å². The molecule has 6 rings (SSSR count). The van der Waals surface area contributed by atoms with Crippen molar-refractivity contribution in [3.8, 4) is 0 Å². The molecule has 36 heavy (non-hydrogen) atoms. The molecule has 0 aliphatic carbocycles. The van der Waals surface area contributed by atoms with Crippen LogP contribution in [0.2, 0.25) is 0 Å². The highest BCUT2D eigenvalue weighted by atomic mass is 32.2. The second kappa shape index (κ2) is 8.81. The van der Waals surface area contributed by atoms with Crippen molar-refractivity contribution in [2.75, 3.05) is 0 Å². The highest BCUT2D eigenvalue weighted by Crippen LogP contribution is 2.40. The molecule has 4 heteroatoms. The monoisotopic (exact) mass is 487 g/mol. The average molecular weight is 488 g/mol. The Morgan fingerprint density at radius 1 is 0.639 bits per heavy atom. The summed E-state index contributed by atoms with van der Waals surface area (Å²) in [6.07, 6.45) is 1.65. The largest absolute Gasteiger partial charge is 0.267 e. The summed E-state index contributed by atoms with van der Waals surface area (Å²) in [6.45, 7) is 2.06. The molecule has 0 aliphatic rings. The minimum absolute atomic E-state index is 0.272. The second-order valence-electron chi connectivity index (χ2n) is 9.12. The molecule has 3 nitrogen and oxygen atoms in total. The molecular weight excluding hydrogens is 462 g/mol. The maximum absolute atomic E-state index is 13.8. The molecule has 176 valence electrons. The molecule has 0 saturated heterocycles. The predicted octanol–water partition coefficient (Wildman–Crippen LogP) is 7.52. The van der Waals surface area contributed by atoms with E-state index in [1.807, 2.05) is 30.3 Å². The van der Waals surface area contributed by atoms with Crippen molar-refractivity contribution in [2.24, 2.45) is 0 Å². The summed E-state index contributed by atoms with van der Waals surface area (Å²) in [5.41, 5.74) is 4.00. The van der Waals surface area contributed by atoms with Gasteiger partial charge in [0.2, 0.25) is 0 Å². The van der Waals surface area contributed by atoms with Gasteiger partial charge in [-0.15, -0.1) is 0 Å². The van der Waals surface area contributed by atoms with Gasteiger partial charge in [0.15, 0.2) is 0 Å². The van der Waals surface area contributed by atoms with E-state index in [1.165, 1.54) is 9.36 Å². The first kappa shape index (κ1) is 22.3. The number of hydrogen-bond acceptors (Lipinski definition) is 2. The van der Waals surface area contributed by atoms with Gasteiger partial charge in [0.05, 0.1) is 10.8 Å². The zero-order chi connectivity index (χ0) is 24.7. The first-order valence-corrected chi connectivity index (χ1v) is 13.4. The SMILES string of the molecule is Cc1ccc(C(c2cc3ccccc3c3ccccc23)c2cccn2S(=O)(=O)c2ccccc2)cc1. The van der Waals surface area contributed by atoms with Gasteiger partial charge in [0.1, 0.15) is 0 Å². The summed E-state index contributed by atoms with van der Waals surface area (Å²) in [6, 6.07) is 39.7. The number of hydrogen-bond donors (Lipinski definition) is 0. The van der Waals surface area contributed by atoms with Crippen LogP contribution in [0.3, 0.4) is 0 Å². The minimum Gasteiger partial charge on any atom is -0.245 e. The van der Waals surface area contributed by atoms with Gasteiger partial charge in [0, 0.05) is 11.9 Å². The van der Waals surface area contributed by atoms with Gasteiger partial charge in [-0.05, 0) is 69.9 Å². The molecule has 0 amide bonds. The number of benzene rings is 5. The van der Waals surface area contributed by atoms with Gasteiger partial charge in [-0.25, -0.2) is 12.4 Å². The zero-order valence-corrected chi connectivity index (χ0v) is 20.7. The predicted molar refractivity (Wildman–Crippen MR) is 147 cm³/mol. The van der Waals surface area contributed by atoms with E-state index in [0.29, 0.717) is 5.69 Å². The van der Waals surface area contributed by atoms with Crippen molar-refractivity contribution < 1.29 is 8.42 Å². The third kappa shape index (κ3) is 3.71. The highest BCUT2D eigenvalue weighted by Gasteiger charge is 2.27. The van der Waals surface area contributed by atoms with E-state index in [9.17, 15) is 8.42 Å². The van der Waals surface area contributed by atoms with Gasteiger partial charge >= 0.3 is 0 Å². The maximum Gasteiger partial charge on any atom is 0.267 e. The van der Waals surface area contributed by atoms with Crippen LogP contribution >= 0.6 is 0 Å². The lowest BCUT2D eigenvalue weighted by molar-refractivity contribution is 0.584. The Bertz CT molecular complexity index is 1800. The van der Waals surface area contributed by atoms with Crippen LogP contribution in [0.4, 0.5) is 0 Å². The van der Waals surface area contributed by atoms with E-state index in [2.05, 4.69) is 73.7 Å². The van der Waals surface area contributed by atoms with E-state index < -0.39 is 10.0 Å². The molecule has 0 saturated carbocycles.